The van der Waals surface area contributed by atoms with Crippen LogP contribution in [0, 0.1) is 0 Å². The minimum absolute atomic E-state index is 0.208. The Kier molecular flexibility index (Phi) is 4.11. The van der Waals surface area contributed by atoms with Crippen molar-refractivity contribution in [1.29, 1.82) is 0 Å². The molecule has 2 aromatic rings. The van der Waals surface area contributed by atoms with Crippen LogP contribution in [0.4, 0.5) is 0 Å². The Morgan fingerprint density at radius 3 is 2.91 bits per heavy atom. The summed E-state index contributed by atoms with van der Waals surface area (Å²) in [6.07, 6.45) is 1.58. The smallest absolute Gasteiger partial charge is 0.272 e. The third kappa shape index (κ3) is 3.12. The second-order valence-corrected chi connectivity index (χ2v) is 6.15. The number of carbonyl (C=O) groups excluding carboxylic acids is 1. The van der Waals surface area contributed by atoms with Gasteiger partial charge in [-0.15, -0.1) is 11.3 Å². The van der Waals surface area contributed by atoms with E-state index in [0.29, 0.717) is 17.2 Å². The second-order valence-electron chi connectivity index (χ2n) is 5.20. The van der Waals surface area contributed by atoms with Gasteiger partial charge in [0.05, 0.1) is 11.8 Å². The van der Waals surface area contributed by atoms with E-state index in [-0.39, 0.29) is 12.7 Å². The normalized spacial score (nSPS) is 13.0. The number of hydrazone groups is 1. The zero-order valence-electron chi connectivity index (χ0n) is 12.3. The van der Waals surface area contributed by atoms with E-state index in [9.17, 15) is 4.79 Å². The maximum absolute atomic E-state index is 12.0. The van der Waals surface area contributed by atoms with Crippen molar-refractivity contribution in [2.45, 2.75) is 19.8 Å². The van der Waals surface area contributed by atoms with Gasteiger partial charge in [0.2, 0.25) is 6.79 Å². The van der Waals surface area contributed by atoms with Crippen LogP contribution in [0.25, 0.3) is 0 Å². The second kappa shape index (κ2) is 6.19. The third-order valence-corrected chi connectivity index (χ3v) is 4.46. The van der Waals surface area contributed by atoms with Gasteiger partial charge in [0, 0.05) is 10.3 Å². The van der Waals surface area contributed by atoms with Crippen LogP contribution < -0.4 is 14.9 Å². The minimum Gasteiger partial charge on any atom is -0.454 e. The van der Waals surface area contributed by atoms with Crippen molar-refractivity contribution in [2.75, 3.05) is 6.79 Å². The highest BCUT2D eigenvalue weighted by Crippen LogP contribution is 2.31. The van der Waals surface area contributed by atoms with Crippen LogP contribution in [0.2, 0.25) is 0 Å². The number of fused-ring (bicyclic) bond motifs is 1. The highest BCUT2D eigenvalue weighted by Gasteiger charge is 2.13. The van der Waals surface area contributed by atoms with E-state index in [1.807, 2.05) is 29.6 Å². The van der Waals surface area contributed by atoms with Crippen molar-refractivity contribution >= 4 is 23.5 Å². The Morgan fingerprint density at radius 1 is 1.32 bits per heavy atom. The first-order chi connectivity index (χ1) is 10.6. The number of hydrogen-bond acceptors (Lipinski definition) is 5. The molecule has 3 rings (SSSR count). The summed E-state index contributed by atoms with van der Waals surface area (Å²) in [7, 11) is 0. The Labute approximate surface area is 132 Å². The van der Waals surface area contributed by atoms with Crippen molar-refractivity contribution in [3.05, 3.63) is 45.6 Å². The van der Waals surface area contributed by atoms with E-state index in [2.05, 4.69) is 24.4 Å². The van der Waals surface area contributed by atoms with E-state index >= 15 is 0 Å². The van der Waals surface area contributed by atoms with E-state index in [4.69, 9.17) is 9.47 Å². The van der Waals surface area contributed by atoms with Gasteiger partial charge in [-0.1, -0.05) is 13.8 Å². The fraction of sp³-hybridized carbons (Fsp3) is 0.250. The maximum atomic E-state index is 12.0. The van der Waals surface area contributed by atoms with Crippen molar-refractivity contribution < 1.29 is 14.3 Å². The van der Waals surface area contributed by atoms with Gasteiger partial charge >= 0.3 is 0 Å². The summed E-state index contributed by atoms with van der Waals surface area (Å²) in [6.45, 7) is 4.44. The zero-order valence-corrected chi connectivity index (χ0v) is 13.1. The van der Waals surface area contributed by atoms with Crippen molar-refractivity contribution in [3.8, 4) is 11.5 Å². The predicted molar refractivity (Wildman–Crippen MR) is 86.0 cm³/mol. The topological polar surface area (TPSA) is 59.9 Å². The number of carbonyl (C=O) groups is 1. The molecule has 1 aromatic heterocycles. The van der Waals surface area contributed by atoms with E-state index in [0.717, 1.165) is 11.3 Å². The third-order valence-electron chi connectivity index (χ3n) is 3.23. The molecule has 0 spiro atoms. The van der Waals surface area contributed by atoms with Crippen molar-refractivity contribution in [1.82, 2.24) is 5.43 Å². The lowest BCUT2D eigenvalue weighted by molar-refractivity contribution is 0.0955. The summed E-state index contributed by atoms with van der Waals surface area (Å²) in [6, 6.07) is 7.39. The summed E-state index contributed by atoms with van der Waals surface area (Å²) in [5.74, 6) is 1.62. The number of benzene rings is 1. The van der Waals surface area contributed by atoms with Gasteiger partial charge in [-0.2, -0.15) is 5.10 Å². The Bertz CT molecular complexity index is 722. The number of rotatable bonds is 4. The molecule has 1 aromatic carbocycles. The summed E-state index contributed by atoms with van der Waals surface area (Å²) >= 11 is 1.59. The van der Waals surface area contributed by atoms with Crippen molar-refractivity contribution in [3.63, 3.8) is 0 Å². The molecular formula is C16H16N2O3S. The molecule has 1 aliphatic rings. The van der Waals surface area contributed by atoms with E-state index in [1.54, 1.807) is 17.6 Å². The van der Waals surface area contributed by atoms with Crippen LogP contribution in [0.5, 0.6) is 11.5 Å². The van der Waals surface area contributed by atoms with Crippen LogP contribution >= 0.6 is 11.3 Å². The minimum atomic E-state index is -0.208. The maximum Gasteiger partial charge on any atom is 0.272 e. The van der Waals surface area contributed by atoms with E-state index in [1.165, 1.54) is 4.88 Å². The molecule has 5 nitrogen and oxygen atoms in total. The standard InChI is InChI=1S/C16H16N2O3S/c1-10(2)15-6-12(8-22-15)16(19)18-17-7-11-3-4-13-14(5-11)21-9-20-13/h3-8,10H,9H2,1-2H3,(H,18,19)/b17-7-. The summed E-state index contributed by atoms with van der Waals surface area (Å²) in [5, 5.41) is 5.83. The molecule has 0 saturated heterocycles. The lowest BCUT2D eigenvalue weighted by Crippen LogP contribution is -2.16. The number of nitrogens with one attached hydrogen (secondary N) is 1. The Hall–Kier alpha value is -2.34. The number of ether oxygens (including phenoxy) is 2. The van der Waals surface area contributed by atoms with E-state index < -0.39 is 0 Å². The molecule has 1 aliphatic heterocycles. The summed E-state index contributed by atoms with van der Waals surface area (Å²) in [5.41, 5.74) is 4.00. The molecule has 0 aliphatic carbocycles. The predicted octanol–water partition coefficient (Wildman–Crippen LogP) is 3.36. The van der Waals surface area contributed by atoms with Gasteiger partial charge < -0.3 is 9.47 Å². The molecule has 0 radical (unpaired) electrons. The molecule has 0 unspecified atom stereocenters. The number of nitrogens with zero attached hydrogens (tertiary/aromatic N) is 1. The fourth-order valence-corrected chi connectivity index (χ4v) is 2.90. The van der Waals surface area contributed by atoms with Crippen molar-refractivity contribution in [2.24, 2.45) is 5.10 Å². The Morgan fingerprint density at radius 2 is 2.14 bits per heavy atom. The zero-order chi connectivity index (χ0) is 15.5. The van der Waals surface area contributed by atoms with Gasteiger partial charge in [0.15, 0.2) is 11.5 Å². The van der Waals surface area contributed by atoms with Crippen LogP contribution in [0.3, 0.4) is 0 Å². The molecule has 114 valence electrons. The molecular weight excluding hydrogens is 300 g/mol. The first-order valence-corrected chi connectivity index (χ1v) is 7.83. The molecule has 0 atom stereocenters. The number of thiophene rings is 1. The molecule has 0 bridgehead atoms. The molecule has 0 fully saturated rings. The summed E-state index contributed by atoms with van der Waals surface area (Å²) < 4.78 is 10.5. The fourth-order valence-electron chi connectivity index (χ4n) is 2.00. The first kappa shape index (κ1) is 14.6. The van der Waals surface area contributed by atoms with Gasteiger partial charge in [0.25, 0.3) is 5.91 Å². The van der Waals surface area contributed by atoms with Gasteiger partial charge in [-0.05, 0) is 35.7 Å². The lowest BCUT2D eigenvalue weighted by atomic mass is 10.1. The monoisotopic (exact) mass is 316 g/mol. The SMILES string of the molecule is CC(C)c1cc(C(=O)N/N=C\c2ccc3c(c2)OCO3)cs1. The molecule has 6 heteroatoms. The molecule has 1 amide bonds. The highest BCUT2D eigenvalue weighted by atomic mass is 32.1. The first-order valence-electron chi connectivity index (χ1n) is 6.95. The highest BCUT2D eigenvalue weighted by molar-refractivity contribution is 7.10. The average molecular weight is 316 g/mol. The van der Waals surface area contributed by atoms with Gasteiger partial charge in [-0.25, -0.2) is 5.43 Å². The summed E-state index contributed by atoms with van der Waals surface area (Å²) in [4.78, 5) is 13.2. The number of hydrogen-bond donors (Lipinski definition) is 1. The average Bonchev–Trinajstić information content (AvgIpc) is 3.16. The van der Waals surface area contributed by atoms with Crippen LogP contribution in [-0.2, 0) is 0 Å². The van der Waals surface area contributed by atoms with Crippen LogP contribution in [0.1, 0.15) is 40.6 Å². The molecule has 1 N–H and O–H groups in total. The quantitative estimate of drug-likeness (QED) is 0.695. The molecule has 22 heavy (non-hydrogen) atoms. The molecule has 0 saturated carbocycles. The van der Waals surface area contributed by atoms with Gasteiger partial charge in [0.1, 0.15) is 0 Å². The van der Waals surface area contributed by atoms with Gasteiger partial charge in [-0.3, -0.25) is 4.79 Å². The largest absolute Gasteiger partial charge is 0.454 e. The lowest BCUT2D eigenvalue weighted by Gasteiger charge is -1.99. The van der Waals surface area contributed by atoms with Crippen LogP contribution in [-0.4, -0.2) is 18.9 Å². The number of amides is 1. The van der Waals surface area contributed by atoms with Crippen LogP contribution in [0.15, 0.2) is 34.7 Å². The Balaban J connectivity index is 1.62. The molecule has 2 heterocycles.